The molecule has 4 nitrogen and oxygen atoms in total. The molecule has 2 N–H and O–H groups in total. The lowest BCUT2D eigenvalue weighted by atomic mass is 10.2. The fraction of sp³-hybridized carbons (Fsp3) is 0.0909. The van der Waals surface area contributed by atoms with E-state index in [1.54, 1.807) is 18.5 Å². The molecule has 0 radical (unpaired) electrons. The van der Waals surface area contributed by atoms with Crippen LogP contribution in [0.25, 0.3) is 0 Å². The van der Waals surface area contributed by atoms with Crippen molar-refractivity contribution in [3.05, 3.63) is 40.6 Å². The summed E-state index contributed by atoms with van der Waals surface area (Å²) in [6, 6.07) is 5.86. The molecule has 0 fully saturated rings. The number of rotatable bonds is 2. The monoisotopic (exact) mass is 279 g/mol. The van der Waals surface area contributed by atoms with Crippen LogP contribution in [-0.2, 0) is 0 Å². The molecule has 0 unspecified atom stereocenters. The van der Waals surface area contributed by atoms with Crippen molar-refractivity contribution in [1.82, 2.24) is 9.97 Å². The standard InChI is InChI=1S/C11H10BrN3O/c1-7-3-2-4-9(10(7)13)16-11-14-5-8(12)6-15-11/h2-6H,13H2,1H3. The van der Waals surface area contributed by atoms with Gasteiger partial charge in [0.1, 0.15) is 0 Å². The predicted molar refractivity (Wildman–Crippen MR) is 65.4 cm³/mol. The summed E-state index contributed by atoms with van der Waals surface area (Å²) in [5, 5.41) is 0. The number of nitrogens with zero attached hydrogens (tertiary/aromatic N) is 2. The first-order valence-corrected chi connectivity index (χ1v) is 5.46. The number of hydrogen-bond donors (Lipinski definition) is 1. The van der Waals surface area contributed by atoms with Crippen molar-refractivity contribution < 1.29 is 4.74 Å². The molecule has 0 spiro atoms. The molecule has 0 amide bonds. The van der Waals surface area contributed by atoms with E-state index in [9.17, 15) is 0 Å². The average molecular weight is 280 g/mol. The van der Waals surface area contributed by atoms with Gasteiger partial charge in [0.25, 0.3) is 0 Å². The first-order chi connectivity index (χ1) is 7.66. The van der Waals surface area contributed by atoms with Crippen molar-refractivity contribution in [3.63, 3.8) is 0 Å². The van der Waals surface area contributed by atoms with E-state index in [0.29, 0.717) is 11.4 Å². The molecule has 0 saturated heterocycles. The number of ether oxygens (including phenoxy) is 1. The molecule has 0 aliphatic carbocycles. The molecule has 1 aromatic carbocycles. The van der Waals surface area contributed by atoms with Crippen LogP contribution in [0, 0.1) is 6.92 Å². The van der Waals surface area contributed by atoms with Crippen LogP contribution >= 0.6 is 15.9 Å². The topological polar surface area (TPSA) is 61.0 Å². The minimum absolute atomic E-state index is 0.278. The first-order valence-electron chi connectivity index (χ1n) is 4.67. The van der Waals surface area contributed by atoms with Gasteiger partial charge in [-0.3, -0.25) is 0 Å². The highest BCUT2D eigenvalue weighted by Crippen LogP contribution is 2.27. The van der Waals surface area contributed by atoms with Crippen LogP contribution in [0.2, 0.25) is 0 Å². The average Bonchev–Trinajstić information content (AvgIpc) is 2.28. The molecule has 0 bridgehead atoms. The molecule has 0 atom stereocenters. The Morgan fingerprint density at radius 3 is 2.62 bits per heavy atom. The summed E-state index contributed by atoms with van der Waals surface area (Å²) in [4.78, 5) is 8.02. The number of hydrogen-bond acceptors (Lipinski definition) is 4. The summed E-state index contributed by atoms with van der Waals surface area (Å²) in [6.07, 6.45) is 3.24. The number of anilines is 1. The zero-order chi connectivity index (χ0) is 11.5. The van der Waals surface area contributed by atoms with Gasteiger partial charge in [-0.2, -0.15) is 0 Å². The molecular weight excluding hydrogens is 270 g/mol. The van der Waals surface area contributed by atoms with Crippen LogP contribution < -0.4 is 10.5 Å². The molecule has 0 aliphatic heterocycles. The Bertz CT molecular complexity index is 499. The second-order valence-electron chi connectivity index (χ2n) is 3.27. The molecule has 2 aromatic rings. The number of nitrogens with two attached hydrogens (primary N) is 1. The van der Waals surface area contributed by atoms with Gasteiger partial charge in [-0.05, 0) is 34.5 Å². The molecular formula is C11H10BrN3O. The third kappa shape index (κ3) is 2.30. The van der Waals surface area contributed by atoms with E-state index in [1.165, 1.54) is 0 Å². The summed E-state index contributed by atoms with van der Waals surface area (Å²) in [6.45, 7) is 1.92. The number of aromatic nitrogens is 2. The lowest BCUT2D eigenvalue weighted by Gasteiger charge is -2.08. The fourth-order valence-corrected chi connectivity index (χ4v) is 1.40. The summed E-state index contributed by atoms with van der Waals surface area (Å²) >= 11 is 3.25. The van der Waals surface area contributed by atoms with Crippen molar-refractivity contribution >= 4 is 21.6 Å². The first kappa shape index (κ1) is 10.9. The number of para-hydroxylation sites is 1. The Hall–Kier alpha value is -1.62. The fourth-order valence-electron chi connectivity index (χ4n) is 1.19. The highest BCUT2D eigenvalue weighted by Gasteiger charge is 2.05. The molecule has 82 valence electrons. The molecule has 5 heteroatoms. The van der Waals surface area contributed by atoms with Crippen LogP contribution in [-0.4, -0.2) is 9.97 Å². The van der Waals surface area contributed by atoms with Gasteiger partial charge in [-0.25, -0.2) is 9.97 Å². The summed E-state index contributed by atoms with van der Waals surface area (Å²) in [7, 11) is 0. The van der Waals surface area contributed by atoms with Gasteiger partial charge in [0.2, 0.25) is 0 Å². The molecule has 0 aliphatic rings. The van der Waals surface area contributed by atoms with Crippen LogP contribution in [0.4, 0.5) is 5.69 Å². The zero-order valence-corrected chi connectivity index (χ0v) is 10.2. The largest absolute Gasteiger partial charge is 0.422 e. The maximum Gasteiger partial charge on any atom is 0.322 e. The Morgan fingerprint density at radius 1 is 1.25 bits per heavy atom. The quantitative estimate of drug-likeness (QED) is 0.859. The maximum atomic E-state index is 5.87. The van der Waals surface area contributed by atoms with Gasteiger partial charge in [0.05, 0.1) is 10.2 Å². The van der Waals surface area contributed by atoms with E-state index < -0.39 is 0 Å². The minimum Gasteiger partial charge on any atom is -0.422 e. The third-order valence-corrected chi connectivity index (χ3v) is 2.49. The van der Waals surface area contributed by atoms with Crippen LogP contribution in [0.1, 0.15) is 5.56 Å². The van der Waals surface area contributed by atoms with Crippen LogP contribution in [0.3, 0.4) is 0 Å². The molecule has 0 saturated carbocycles. The summed E-state index contributed by atoms with van der Waals surface area (Å²) < 4.78 is 6.28. The Labute approximate surface area is 102 Å². The third-order valence-electron chi connectivity index (χ3n) is 2.08. The molecule has 16 heavy (non-hydrogen) atoms. The highest BCUT2D eigenvalue weighted by molar-refractivity contribution is 9.10. The van der Waals surface area contributed by atoms with Gasteiger partial charge in [0, 0.05) is 12.4 Å². The number of benzene rings is 1. The van der Waals surface area contributed by atoms with E-state index in [1.807, 2.05) is 19.1 Å². The Morgan fingerprint density at radius 2 is 1.94 bits per heavy atom. The van der Waals surface area contributed by atoms with Crippen molar-refractivity contribution in [3.8, 4) is 11.8 Å². The van der Waals surface area contributed by atoms with Crippen molar-refractivity contribution in [2.24, 2.45) is 0 Å². The SMILES string of the molecule is Cc1cccc(Oc2ncc(Br)cn2)c1N. The van der Waals surface area contributed by atoms with Crippen LogP contribution in [0.5, 0.6) is 11.8 Å². The summed E-state index contributed by atoms with van der Waals surface area (Å²) in [5.41, 5.74) is 7.44. The maximum absolute atomic E-state index is 5.87. The normalized spacial score (nSPS) is 10.1. The van der Waals surface area contributed by atoms with Gasteiger partial charge in [0.15, 0.2) is 5.75 Å². The highest BCUT2D eigenvalue weighted by atomic mass is 79.9. The number of aryl methyl sites for hydroxylation is 1. The smallest absolute Gasteiger partial charge is 0.322 e. The van der Waals surface area contributed by atoms with E-state index in [-0.39, 0.29) is 6.01 Å². The van der Waals surface area contributed by atoms with E-state index in [4.69, 9.17) is 10.5 Å². The number of halogens is 1. The molecule has 1 heterocycles. The zero-order valence-electron chi connectivity index (χ0n) is 8.64. The van der Waals surface area contributed by atoms with E-state index in [0.717, 1.165) is 10.0 Å². The predicted octanol–water partition coefficient (Wildman–Crippen LogP) is 2.92. The van der Waals surface area contributed by atoms with Crippen molar-refractivity contribution in [1.29, 1.82) is 0 Å². The second-order valence-corrected chi connectivity index (χ2v) is 4.19. The Kier molecular flexibility index (Phi) is 3.05. The van der Waals surface area contributed by atoms with Crippen LogP contribution in [0.15, 0.2) is 35.1 Å². The van der Waals surface area contributed by atoms with E-state index >= 15 is 0 Å². The lowest BCUT2D eigenvalue weighted by Crippen LogP contribution is -1.97. The lowest BCUT2D eigenvalue weighted by molar-refractivity contribution is 0.443. The number of nitrogen functional groups attached to an aromatic ring is 1. The Balaban J connectivity index is 2.27. The molecule has 1 aromatic heterocycles. The second kappa shape index (κ2) is 4.49. The minimum atomic E-state index is 0.278. The van der Waals surface area contributed by atoms with Gasteiger partial charge >= 0.3 is 6.01 Å². The van der Waals surface area contributed by atoms with Crippen molar-refractivity contribution in [2.45, 2.75) is 6.92 Å². The van der Waals surface area contributed by atoms with Crippen molar-refractivity contribution in [2.75, 3.05) is 5.73 Å². The summed E-state index contributed by atoms with van der Waals surface area (Å²) in [5.74, 6) is 0.572. The molecule has 2 rings (SSSR count). The van der Waals surface area contributed by atoms with Gasteiger partial charge in [-0.1, -0.05) is 12.1 Å². The van der Waals surface area contributed by atoms with Gasteiger partial charge in [-0.15, -0.1) is 0 Å². The van der Waals surface area contributed by atoms with Gasteiger partial charge < -0.3 is 10.5 Å². The van der Waals surface area contributed by atoms with E-state index in [2.05, 4.69) is 25.9 Å².